The Morgan fingerprint density at radius 3 is 2.37 bits per heavy atom. The number of piperidine rings is 1. The zero-order valence-electron chi connectivity index (χ0n) is 26.1. The molecule has 5 rings (SSSR count). The van der Waals surface area contributed by atoms with E-state index in [1.165, 1.54) is 94.7 Å². The van der Waals surface area contributed by atoms with Crippen LogP contribution in [0.3, 0.4) is 0 Å². The van der Waals surface area contributed by atoms with Gasteiger partial charge in [0.2, 0.25) is 0 Å². The van der Waals surface area contributed by atoms with Crippen LogP contribution in [0.5, 0.6) is 5.75 Å². The number of ether oxygens (including phenoxy) is 1. The quantitative estimate of drug-likeness (QED) is 0.291. The van der Waals surface area contributed by atoms with Crippen molar-refractivity contribution in [1.29, 1.82) is 0 Å². The van der Waals surface area contributed by atoms with Crippen LogP contribution in [0.2, 0.25) is 0 Å². The lowest BCUT2D eigenvalue weighted by Crippen LogP contribution is -2.43. The van der Waals surface area contributed by atoms with E-state index >= 15 is 0 Å². The molecule has 1 spiro atoms. The summed E-state index contributed by atoms with van der Waals surface area (Å²) in [6.07, 6.45) is 18.0. The van der Waals surface area contributed by atoms with Crippen molar-refractivity contribution in [2.45, 2.75) is 108 Å². The third kappa shape index (κ3) is 8.00. The number of aromatic amines is 1. The fraction of sp³-hybridized carbons (Fsp3) is 0.657. The van der Waals surface area contributed by atoms with Gasteiger partial charge in [-0.3, -0.25) is 9.59 Å². The molecule has 2 aliphatic heterocycles. The minimum absolute atomic E-state index is 0.00278. The average Bonchev–Trinajstić information content (AvgIpc) is 3.46. The number of carbonyl (C=O) groups is 2. The molecule has 0 unspecified atom stereocenters. The largest absolute Gasteiger partial charge is 0.494 e. The maximum Gasteiger partial charge on any atom is 0.267 e. The Morgan fingerprint density at radius 2 is 1.70 bits per heavy atom. The second kappa shape index (κ2) is 15.2. The molecule has 1 aliphatic carbocycles. The van der Waals surface area contributed by atoms with E-state index in [1.807, 2.05) is 4.90 Å². The van der Waals surface area contributed by atoms with Crippen molar-refractivity contribution in [3.8, 4) is 5.75 Å². The summed E-state index contributed by atoms with van der Waals surface area (Å²) in [5, 5.41) is 6.83. The first kappa shape index (κ1) is 31.6. The van der Waals surface area contributed by atoms with Gasteiger partial charge in [-0.25, -0.2) is 4.39 Å². The van der Waals surface area contributed by atoms with Gasteiger partial charge in [-0.1, -0.05) is 64.2 Å². The second-order valence-electron chi connectivity index (χ2n) is 13.1. The number of unbranched alkanes of at least 4 members (excludes halogenated alkanes) is 1. The van der Waals surface area contributed by atoms with Gasteiger partial charge < -0.3 is 25.3 Å². The van der Waals surface area contributed by atoms with Gasteiger partial charge in [0.15, 0.2) is 11.6 Å². The summed E-state index contributed by atoms with van der Waals surface area (Å²) >= 11 is 0. The highest BCUT2D eigenvalue weighted by Crippen LogP contribution is 2.40. The number of rotatable bonds is 8. The number of nitrogens with one attached hydrogen (secondary N) is 3. The first-order chi connectivity index (χ1) is 21.0. The number of H-pyrrole nitrogens is 1. The number of fused-ring (bicyclic) bond motifs is 2. The molecule has 2 aromatic rings. The van der Waals surface area contributed by atoms with Crippen LogP contribution in [0.15, 0.2) is 24.3 Å². The van der Waals surface area contributed by atoms with Crippen LogP contribution in [-0.2, 0) is 12.0 Å². The first-order valence-electron chi connectivity index (χ1n) is 16.8. The third-order valence-corrected chi connectivity index (χ3v) is 10.1. The topological polar surface area (TPSA) is 86.5 Å². The van der Waals surface area contributed by atoms with E-state index in [1.54, 1.807) is 6.07 Å². The number of methoxy groups -OCH3 is 1. The lowest BCUT2D eigenvalue weighted by Gasteiger charge is -2.38. The minimum atomic E-state index is -0.511. The molecule has 1 saturated carbocycles. The number of benzene rings is 1. The average molecular weight is 595 g/mol. The van der Waals surface area contributed by atoms with Crippen molar-refractivity contribution in [3.63, 3.8) is 0 Å². The number of nitrogens with zero attached hydrogens (tertiary/aromatic N) is 1. The van der Waals surface area contributed by atoms with Gasteiger partial charge in [-0.15, -0.1) is 0 Å². The second-order valence-corrected chi connectivity index (χ2v) is 13.1. The molecule has 0 atom stereocenters. The van der Waals surface area contributed by atoms with E-state index in [-0.39, 0.29) is 23.0 Å². The summed E-state index contributed by atoms with van der Waals surface area (Å²) in [5.41, 5.74) is 3.79. The van der Waals surface area contributed by atoms with Gasteiger partial charge in [0.1, 0.15) is 5.69 Å². The van der Waals surface area contributed by atoms with Crippen LogP contribution in [0, 0.1) is 11.7 Å². The standard InChI is InChI=1S/C35H51FN4O3/c1-43-31-14-13-27(22-29(31)36)34(42)40-20-15-26(16-21-40)12-8-11-19-38-33(41)30-23-28-24-37-25-35(32(28)39-30)17-9-6-4-2-3-5-7-10-18-35/h13-14,22-23,26,37,39H,2-12,15-21,24-25H2,1H3,(H,38,41). The predicted octanol–water partition coefficient (Wildman–Crippen LogP) is 6.87. The van der Waals surface area contributed by atoms with Crippen LogP contribution in [0.25, 0.3) is 0 Å². The molecule has 43 heavy (non-hydrogen) atoms. The van der Waals surface area contributed by atoms with Gasteiger partial charge in [-0.2, -0.15) is 0 Å². The normalized spacial score (nSPS) is 19.8. The van der Waals surface area contributed by atoms with E-state index < -0.39 is 5.82 Å². The first-order valence-corrected chi connectivity index (χ1v) is 16.8. The summed E-state index contributed by atoms with van der Waals surface area (Å²) < 4.78 is 19.0. The van der Waals surface area contributed by atoms with E-state index in [9.17, 15) is 14.0 Å². The smallest absolute Gasteiger partial charge is 0.267 e. The minimum Gasteiger partial charge on any atom is -0.494 e. The Morgan fingerprint density at radius 1 is 1.00 bits per heavy atom. The van der Waals surface area contributed by atoms with Crippen molar-refractivity contribution < 1.29 is 18.7 Å². The number of hydrogen-bond acceptors (Lipinski definition) is 4. The lowest BCUT2D eigenvalue weighted by atomic mass is 9.72. The fourth-order valence-electron chi connectivity index (χ4n) is 7.56. The summed E-state index contributed by atoms with van der Waals surface area (Å²) in [4.78, 5) is 31.4. The van der Waals surface area contributed by atoms with Crippen LogP contribution in [0.1, 0.15) is 128 Å². The van der Waals surface area contributed by atoms with Gasteiger partial charge in [0, 0.05) is 49.4 Å². The number of aromatic nitrogens is 1. The molecule has 236 valence electrons. The van der Waals surface area contributed by atoms with Crippen molar-refractivity contribution in [2.24, 2.45) is 5.92 Å². The van der Waals surface area contributed by atoms with Crippen LogP contribution in [0.4, 0.5) is 4.39 Å². The molecule has 1 saturated heterocycles. The Bertz CT molecular complexity index is 1210. The predicted molar refractivity (Wildman–Crippen MR) is 168 cm³/mol. The number of carbonyl (C=O) groups excluding carboxylic acids is 2. The fourth-order valence-corrected chi connectivity index (χ4v) is 7.56. The molecule has 2 fully saturated rings. The van der Waals surface area contributed by atoms with Crippen LogP contribution in [-0.4, -0.2) is 55.0 Å². The lowest BCUT2D eigenvalue weighted by molar-refractivity contribution is 0.0685. The van der Waals surface area contributed by atoms with Crippen molar-refractivity contribution in [1.82, 2.24) is 20.5 Å². The van der Waals surface area contributed by atoms with Gasteiger partial charge >= 0.3 is 0 Å². The number of halogens is 1. The molecule has 0 radical (unpaired) electrons. The molecule has 3 heterocycles. The Labute approximate surface area is 256 Å². The maximum atomic E-state index is 14.1. The molecule has 2 amide bonds. The highest BCUT2D eigenvalue weighted by molar-refractivity contribution is 5.94. The monoisotopic (exact) mass is 594 g/mol. The SMILES string of the molecule is COc1ccc(C(=O)N2CCC(CCCCNC(=O)c3cc4c([nH]3)C3(CCCCCCCCCC3)CNC4)CC2)cc1F. The molecular weight excluding hydrogens is 543 g/mol. The van der Waals surface area contributed by atoms with Gasteiger partial charge in [0.05, 0.1) is 7.11 Å². The van der Waals surface area contributed by atoms with E-state index in [0.29, 0.717) is 36.8 Å². The molecule has 1 aromatic heterocycles. The molecule has 8 heteroatoms. The zero-order valence-corrected chi connectivity index (χ0v) is 26.1. The Hall–Kier alpha value is -2.87. The third-order valence-electron chi connectivity index (χ3n) is 10.1. The summed E-state index contributed by atoms with van der Waals surface area (Å²) in [6.45, 7) is 3.91. The zero-order chi connectivity index (χ0) is 30.1. The molecule has 1 aromatic carbocycles. The highest BCUT2D eigenvalue weighted by Gasteiger charge is 2.38. The number of likely N-dealkylation sites (tertiary alicyclic amines) is 1. The summed E-state index contributed by atoms with van der Waals surface area (Å²) in [7, 11) is 1.42. The maximum absolute atomic E-state index is 14.1. The summed E-state index contributed by atoms with van der Waals surface area (Å²) in [5.74, 6) is 0.0977. The summed E-state index contributed by atoms with van der Waals surface area (Å²) in [6, 6.07) is 6.48. The van der Waals surface area contributed by atoms with Crippen molar-refractivity contribution >= 4 is 11.8 Å². The van der Waals surface area contributed by atoms with Crippen molar-refractivity contribution in [3.05, 3.63) is 52.6 Å². The van der Waals surface area contributed by atoms with E-state index in [2.05, 4.69) is 21.7 Å². The van der Waals surface area contributed by atoms with Crippen LogP contribution >= 0.6 is 0 Å². The number of hydrogen-bond donors (Lipinski definition) is 3. The van der Waals surface area contributed by atoms with E-state index in [4.69, 9.17) is 4.74 Å². The van der Waals surface area contributed by atoms with Gasteiger partial charge in [-0.05, 0) is 67.9 Å². The Balaban J connectivity index is 1.04. The number of amides is 2. The molecule has 3 N–H and O–H groups in total. The van der Waals surface area contributed by atoms with Crippen molar-refractivity contribution in [2.75, 3.05) is 33.3 Å². The molecule has 7 nitrogen and oxygen atoms in total. The molecule has 0 bridgehead atoms. The van der Waals surface area contributed by atoms with Gasteiger partial charge in [0.25, 0.3) is 11.8 Å². The van der Waals surface area contributed by atoms with E-state index in [0.717, 1.165) is 45.2 Å². The van der Waals surface area contributed by atoms with Crippen LogP contribution < -0.4 is 15.4 Å². The Kier molecular flexibility index (Phi) is 11.2. The molecule has 3 aliphatic rings. The molecular formula is C35H51FN4O3. The highest BCUT2D eigenvalue weighted by atomic mass is 19.1.